The molecule has 2 aromatic carbocycles. The Bertz CT molecular complexity index is 814. The fourth-order valence-corrected chi connectivity index (χ4v) is 2.41. The van der Waals surface area contributed by atoms with Crippen LogP contribution in [0.15, 0.2) is 36.4 Å². The predicted octanol–water partition coefficient (Wildman–Crippen LogP) is 3.87. The first-order valence-electron chi connectivity index (χ1n) is 8.54. The lowest BCUT2D eigenvalue weighted by atomic mass is 10.1. The molecule has 1 N–H and O–H groups in total. The molecule has 0 aliphatic rings. The second-order valence-corrected chi connectivity index (χ2v) is 6.43. The molecule has 0 heterocycles. The van der Waals surface area contributed by atoms with E-state index in [-0.39, 0.29) is 12.5 Å². The van der Waals surface area contributed by atoms with E-state index in [0.29, 0.717) is 11.4 Å². The first-order valence-corrected chi connectivity index (χ1v) is 8.54. The molecule has 1 amide bonds. The van der Waals surface area contributed by atoms with Crippen LogP contribution in [0.1, 0.15) is 29.2 Å². The Labute approximate surface area is 154 Å². The Hall–Kier alpha value is -2.82. The molecule has 0 saturated heterocycles. The monoisotopic (exact) mass is 355 g/mol. The van der Waals surface area contributed by atoms with E-state index in [0.717, 1.165) is 22.3 Å². The molecule has 0 aliphatic heterocycles. The number of nitrogens with one attached hydrogen (secondary N) is 1. The van der Waals surface area contributed by atoms with Crippen LogP contribution in [-0.2, 0) is 14.3 Å². The minimum absolute atomic E-state index is 0.245. The lowest BCUT2D eigenvalue weighted by molar-refractivity contribution is -0.155. The van der Waals surface area contributed by atoms with Gasteiger partial charge in [0.2, 0.25) is 0 Å². The van der Waals surface area contributed by atoms with Crippen molar-refractivity contribution >= 4 is 17.6 Å². The first-order chi connectivity index (χ1) is 12.3. The van der Waals surface area contributed by atoms with Gasteiger partial charge in [0.05, 0.1) is 0 Å². The van der Waals surface area contributed by atoms with Gasteiger partial charge in [-0.15, -0.1) is 0 Å². The van der Waals surface area contributed by atoms with Crippen LogP contribution in [0.4, 0.5) is 5.69 Å². The van der Waals surface area contributed by atoms with Crippen molar-refractivity contribution in [2.45, 2.75) is 40.7 Å². The number of esters is 1. The van der Waals surface area contributed by atoms with Crippen LogP contribution in [0, 0.1) is 27.7 Å². The van der Waals surface area contributed by atoms with Crippen LogP contribution in [0.5, 0.6) is 5.75 Å². The van der Waals surface area contributed by atoms with Gasteiger partial charge in [-0.3, -0.25) is 4.79 Å². The molecule has 26 heavy (non-hydrogen) atoms. The second kappa shape index (κ2) is 8.52. The Kier molecular flexibility index (Phi) is 6.39. The van der Waals surface area contributed by atoms with Gasteiger partial charge < -0.3 is 14.8 Å². The summed E-state index contributed by atoms with van der Waals surface area (Å²) in [4.78, 5) is 24.2. The molecule has 0 saturated carbocycles. The standard InChI is InChI=1S/C21H25NO4/c1-13-9-10-15(3)18(11-13)22-21(24)17(5)26-20(23)12-25-19-8-6-7-14(2)16(19)4/h6-11,17H,12H2,1-5H3,(H,22,24)/t17-/m0/s1. The molecule has 138 valence electrons. The van der Waals surface area contributed by atoms with Crippen molar-refractivity contribution in [2.24, 2.45) is 0 Å². The van der Waals surface area contributed by atoms with Crippen LogP contribution in [0.3, 0.4) is 0 Å². The van der Waals surface area contributed by atoms with Gasteiger partial charge >= 0.3 is 5.97 Å². The third-order valence-electron chi connectivity index (χ3n) is 4.23. The molecule has 0 aliphatic carbocycles. The van der Waals surface area contributed by atoms with Crippen LogP contribution >= 0.6 is 0 Å². The van der Waals surface area contributed by atoms with Crippen molar-refractivity contribution in [3.8, 4) is 5.75 Å². The quantitative estimate of drug-likeness (QED) is 0.799. The van der Waals surface area contributed by atoms with Gasteiger partial charge in [0.1, 0.15) is 5.75 Å². The molecule has 0 radical (unpaired) electrons. The van der Waals surface area contributed by atoms with Crippen LogP contribution in [0.25, 0.3) is 0 Å². The molecule has 2 aromatic rings. The van der Waals surface area contributed by atoms with E-state index in [2.05, 4.69) is 5.32 Å². The summed E-state index contributed by atoms with van der Waals surface area (Å²) in [5.41, 5.74) is 4.75. The van der Waals surface area contributed by atoms with E-state index in [9.17, 15) is 9.59 Å². The minimum atomic E-state index is -0.912. The zero-order valence-corrected chi connectivity index (χ0v) is 15.9. The summed E-state index contributed by atoms with van der Waals surface area (Å²) in [6, 6.07) is 11.4. The maximum atomic E-state index is 12.3. The molecule has 5 heteroatoms. The number of benzene rings is 2. The number of carbonyl (C=O) groups is 2. The predicted molar refractivity (Wildman–Crippen MR) is 102 cm³/mol. The molecule has 0 unspecified atom stereocenters. The number of anilines is 1. The van der Waals surface area contributed by atoms with E-state index in [1.165, 1.54) is 6.92 Å². The fraction of sp³-hybridized carbons (Fsp3) is 0.333. The molecule has 5 nitrogen and oxygen atoms in total. The molecule has 0 aromatic heterocycles. The van der Waals surface area contributed by atoms with Crippen molar-refractivity contribution in [1.82, 2.24) is 0 Å². The third-order valence-corrected chi connectivity index (χ3v) is 4.23. The Balaban J connectivity index is 1.89. The van der Waals surface area contributed by atoms with Crippen molar-refractivity contribution in [3.63, 3.8) is 0 Å². The summed E-state index contributed by atoms with van der Waals surface area (Å²) >= 11 is 0. The summed E-state index contributed by atoms with van der Waals surface area (Å²) in [6.07, 6.45) is -0.912. The highest BCUT2D eigenvalue weighted by molar-refractivity contribution is 5.95. The number of amides is 1. The molecular formula is C21H25NO4. The van der Waals surface area contributed by atoms with Gasteiger partial charge in [-0.2, -0.15) is 0 Å². The highest BCUT2D eigenvalue weighted by Crippen LogP contribution is 2.20. The van der Waals surface area contributed by atoms with Gasteiger partial charge in [-0.25, -0.2) is 4.79 Å². The van der Waals surface area contributed by atoms with Crippen LogP contribution in [0.2, 0.25) is 0 Å². The van der Waals surface area contributed by atoms with E-state index >= 15 is 0 Å². The smallest absolute Gasteiger partial charge is 0.344 e. The molecule has 0 bridgehead atoms. The number of ether oxygens (including phenoxy) is 2. The maximum Gasteiger partial charge on any atom is 0.344 e. The largest absolute Gasteiger partial charge is 0.482 e. The second-order valence-electron chi connectivity index (χ2n) is 6.43. The molecule has 0 fully saturated rings. The van der Waals surface area contributed by atoms with E-state index in [1.54, 1.807) is 6.07 Å². The zero-order chi connectivity index (χ0) is 19.3. The minimum Gasteiger partial charge on any atom is -0.482 e. The topological polar surface area (TPSA) is 64.6 Å². The van der Waals surface area contributed by atoms with E-state index in [4.69, 9.17) is 9.47 Å². The molecule has 2 rings (SSSR count). The summed E-state index contributed by atoms with van der Waals surface area (Å²) < 4.78 is 10.7. The van der Waals surface area contributed by atoms with Gasteiger partial charge in [-0.05, 0) is 69.0 Å². The average Bonchev–Trinajstić information content (AvgIpc) is 2.59. The first kappa shape index (κ1) is 19.5. The highest BCUT2D eigenvalue weighted by atomic mass is 16.6. The Morgan fingerprint density at radius 2 is 1.77 bits per heavy atom. The average molecular weight is 355 g/mol. The number of aryl methyl sites for hydroxylation is 3. The lowest BCUT2D eigenvalue weighted by Crippen LogP contribution is -2.32. The highest BCUT2D eigenvalue weighted by Gasteiger charge is 2.19. The summed E-state index contributed by atoms with van der Waals surface area (Å²) in [5.74, 6) is -0.331. The Morgan fingerprint density at radius 1 is 1.04 bits per heavy atom. The van der Waals surface area contributed by atoms with Gasteiger partial charge in [0, 0.05) is 5.69 Å². The summed E-state index contributed by atoms with van der Waals surface area (Å²) in [6.45, 7) is 9.05. The van der Waals surface area contributed by atoms with Crippen LogP contribution in [-0.4, -0.2) is 24.6 Å². The Morgan fingerprint density at radius 3 is 2.50 bits per heavy atom. The summed E-state index contributed by atoms with van der Waals surface area (Å²) in [5, 5.41) is 2.79. The van der Waals surface area contributed by atoms with Crippen molar-refractivity contribution in [3.05, 3.63) is 58.7 Å². The van der Waals surface area contributed by atoms with E-state index in [1.807, 2.05) is 58.0 Å². The number of hydrogen-bond acceptors (Lipinski definition) is 4. The van der Waals surface area contributed by atoms with Gasteiger partial charge in [-0.1, -0.05) is 24.3 Å². The lowest BCUT2D eigenvalue weighted by Gasteiger charge is -2.16. The SMILES string of the molecule is Cc1ccc(C)c(NC(=O)[C@H](C)OC(=O)COc2cccc(C)c2C)c1. The maximum absolute atomic E-state index is 12.3. The zero-order valence-electron chi connectivity index (χ0n) is 15.9. The normalized spacial score (nSPS) is 11.6. The van der Waals surface area contributed by atoms with Gasteiger partial charge in [0.15, 0.2) is 12.7 Å². The third kappa shape index (κ3) is 5.09. The number of carbonyl (C=O) groups excluding carboxylic acids is 2. The van der Waals surface area contributed by atoms with E-state index < -0.39 is 12.1 Å². The van der Waals surface area contributed by atoms with Crippen molar-refractivity contribution < 1.29 is 19.1 Å². The number of rotatable bonds is 6. The van der Waals surface area contributed by atoms with Crippen molar-refractivity contribution in [2.75, 3.05) is 11.9 Å². The molecular weight excluding hydrogens is 330 g/mol. The number of hydrogen-bond donors (Lipinski definition) is 1. The molecule has 0 spiro atoms. The van der Waals surface area contributed by atoms with Crippen LogP contribution < -0.4 is 10.1 Å². The van der Waals surface area contributed by atoms with Crippen molar-refractivity contribution in [1.29, 1.82) is 0 Å². The molecule has 1 atom stereocenters. The fourth-order valence-electron chi connectivity index (χ4n) is 2.41. The summed E-state index contributed by atoms with van der Waals surface area (Å²) in [7, 11) is 0. The van der Waals surface area contributed by atoms with Gasteiger partial charge in [0.25, 0.3) is 5.91 Å².